The molecule has 1 aliphatic rings. The molecule has 1 aromatic rings. The molecule has 21 heavy (non-hydrogen) atoms. The van der Waals surface area contributed by atoms with Gasteiger partial charge in [-0.2, -0.15) is 0 Å². The molecule has 1 saturated carbocycles. The van der Waals surface area contributed by atoms with Gasteiger partial charge in [0.15, 0.2) is 0 Å². The summed E-state index contributed by atoms with van der Waals surface area (Å²) in [6.45, 7) is 0. The Bertz CT molecular complexity index is 535. The first-order valence-electron chi connectivity index (χ1n) is 7.06. The number of halogens is 1. The molecule has 0 spiro atoms. The van der Waals surface area contributed by atoms with Crippen molar-refractivity contribution in [1.29, 1.82) is 0 Å². The Morgan fingerprint density at radius 2 is 2.14 bits per heavy atom. The highest BCUT2D eigenvalue weighted by molar-refractivity contribution is 6.30. The molecule has 0 heterocycles. The van der Waals surface area contributed by atoms with Crippen molar-refractivity contribution in [2.75, 3.05) is 7.05 Å². The van der Waals surface area contributed by atoms with Crippen LogP contribution in [0.5, 0.6) is 0 Å². The summed E-state index contributed by atoms with van der Waals surface area (Å²) in [5.74, 6) is 4.85. The topological polar surface area (TPSA) is 75.4 Å². The fourth-order valence-electron chi connectivity index (χ4n) is 2.86. The van der Waals surface area contributed by atoms with Crippen LogP contribution in [-0.4, -0.2) is 29.8 Å². The SMILES string of the molecule is CN(C(=O)c1cccc(Cl)c1)[C@H]1CCC[C@@H](C(=O)NN)C1. The first kappa shape index (κ1) is 15.8. The van der Waals surface area contributed by atoms with Gasteiger partial charge in [0.05, 0.1) is 0 Å². The fourth-order valence-corrected chi connectivity index (χ4v) is 3.05. The maximum atomic E-state index is 12.5. The van der Waals surface area contributed by atoms with Crippen molar-refractivity contribution in [1.82, 2.24) is 10.3 Å². The van der Waals surface area contributed by atoms with Crippen molar-refractivity contribution in [2.24, 2.45) is 11.8 Å². The Balaban J connectivity index is 2.06. The lowest BCUT2D eigenvalue weighted by Gasteiger charge is -2.34. The zero-order chi connectivity index (χ0) is 15.4. The van der Waals surface area contributed by atoms with E-state index in [0.29, 0.717) is 17.0 Å². The van der Waals surface area contributed by atoms with E-state index in [9.17, 15) is 9.59 Å². The minimum absolute atomic E-state index is 0.0486. The van der Waals surface area contributed by atoms with E-state index in [-0.39, 0.29) is 23.8 Å². The Morgan fingerprint density at radius 3 is 2.81 bits per heavy atom. The molecule has 1 aliphatic carbocycles. The summed E-state index contributed by atoms with van der Waals surface area (Å²) in [6.07, 6.45) is 3.28. The number of hydrogen-bond donors (Lipinski definition) is 2. The number of amides is 2. The predicted octanol–water partition coefficient (Wildman–Crippen LogP) is 1.96. The van der Waals surface area contributed by atoms with Gasteiger partial charge in [-0.3, -0.25) is 15.0 Å². The second-order valence-corrected chi connectivity index (χ2v) is 5.89. The van der Waals surface area contributed by atoms with Crippen LogP contribution in [-0.2, 0) is 4.79 Å². The maximum Gasteiger partial charge on any atom is 0.253 e. The van der Waals surface area contributed by atoms with E-state index in [1.54, 1.807) is 36.2 Å². The van der Waals surface area contributed by atoms with Crippen LogP contribution in [0.2, 0.25) is 5.02 Å². The van der Waals surface area contributed by atoms with Gasteiger partial charge >= 0.3 is 0 Å². The van der Waals surface area contributed by atoms with Gasteiger partial charge in [0.1, 0.15) is 0 Å². The molecule has 6 heteroatoms. The van der Waals surface area contributed by atoms with Crippen molar-refractivity contribution in [3.8, 4) is 0 Å². The normalized spacial score (nSPS) is 21.7. The van der Waals surface area contributed by atoms with E-state index >= 15 is 0 Å². The zero-order valence-electron chi connectivity index (χ0n) is 12.0. The second-order valence-electron chi connectivity index (χ2n) is 5.45. The highest BCUT2D eigenvalue weighted by Crippen LogP contribution is 2.28. The third kappa shape index (κ3) is 3.74. The number of carbonyl (C=O) groups excluding carboxylic acids is 2. The van der Waals surface area contributed by atoms with Gasteiger partial charge in [-0.15, -0.1) is 0 Å². The van der Waals surface area contributed by atoms with Crippen molar-refractivity contribution >= 4 is 23.4 Å². The van der Waals surface area contributed by atoms with Gasteiger partial charge in [-0.25, -0.2) is 5.84 Å². The van der Waals surface area contributed by atoms with Crippen LogP contribution in [0.25, 0.3) is 0 Å². The molecule has 114 valence electrons. The number of benzene rings is 1. The molecule has 1 aromatic carbocycles. The summed E-state index contributed by atoms with van der Waals surface area (Å²) in [4.78, 5) is 25.9. The van der Waals surface area contributed by atoms with Crippen LogP contribution in [0.15, 0.2) is 24.3 Å². The van der Waals surface area contributed by atoms with Crippen LogP contribution in [0.4, 0.5) is 0 Å². The second kappa shape index (κ2) is 6.91. The molecule has 2 rings (SSSR count). The quantitative estimate of drug-likeness (QED) is 0.509. The van der Waals surface area contributed by atoms with Crippen LogP contribution >= 0.6 is 11.6 Å². The number of nitrogens with two attached hydrogens (primary N) is 1. The van der Waals surface area contributed by atoms with Gasteiger partial charge in [0, 0.05) is 29.6 Å². The summed E-state index contributed by atoms with van der Waals surface area (Å²) >= 11 is 5.93. The van der Waals surface area contributed by atoms with Crippen molar-refractivity contribution in [2.45, 2.75) is 31.7 Å². The van der Waals surface area contributed by atoms with Gasteiger partial charge < -0.3 is 4.90 Å². The third-order valence-corrected chi connectivity index (χ3v) is 4.33. The molecule has 0 radical (unpaired) electrons. The lowest BCUT2D eigenvalue weighted by molar-refractivity contribution is -0.126. The molecule has 0 saturated heterocycles. The largest absolute Gasteiger partial charge is 0.339 e. The highest BCUT2D eigenvalue weighted by atomic mass is 35.5. The van der Waals surface area contributed by atoms with E-state index in [0.717, 1.165) is 19.3 Å². The summed E-state index contributed by atoms with van der Waals surface area (Å²) in [7, 11) is 1.77. The molecule has 0 unspecified atom stereocenters. The Labute approximate surface area is 129 Å². The molecular formula is C15H20ClN3O2. The standard InChI is InChI=1S/C15H20ClN3O2/c1-19(15(21)11-5-2-6-12(16)8-11)13-7-3-4-10(9-13)14(20)18-17/h2,5-6,8,10,13H,3-4,7,9,17H2,1H3,(H,18,20)/t10-,13+/m1/s1. The van der Waals surface area contributed by atoms with E-state index in [2.05, 4.69) is 5.43 Å². The summed E-state index contributed by atoms with van der Waals surface area (Å²) in [5, 5.41) is 0.540. The number of nitrogens with one attached hydrogen (secondary N) is 1. The average molecular weight is 310 g/mol. The minimum atomic E-state index is -0.150. The lowest BCUT2D eigenvalue weighted by atomic mass is 9.84. The van der Waals surface area contributed by atoms with Crippen LogP contribution in [0, 0.1) is 5.92 Å². The first-order chi connectivity index (χ1) is 10.0. The molecule has 1 fully saturated rings. The summed E-state index contributed by atoms with van der Waals surface area (Å²) < 4.78 is 0. The van der Waals surface area contributed by atoms with Gasteiger partial charge in [-0.1, -0.05) is 24.1 Å². The number of hydrazine groups is 1. The molecule has 0 bridgehead atoms. The Kier molecular flexibility index (Phi) is 5.20. The van der Waals surface area contributed by atoms with Gasteiger partial charge in [-0.05, 0) is 37.5 Å². The third-order valence-electron chi connectivity index (χ3n) is 4.10. The highest BCUT2D eigenvalue weighted by Gasteiger charge is 2.31. The molecule has 0 aromatic heterocycles. The van der Waals surface area contributed by atoms with Crippen LogP contribution in [0.3, 0.4) is 0 Å². The van der Waals surface area contributed by atoms with Crippen LogP contribution < -0.4 is 11.3 Å². The summed E-state index contributed by atoms with van der Waals surface area (Å²) in [5.41, 5.74) is 2.77. The Morgan fingerprint density at radius 1 is 1.38 bits per heavy atom. The number of carbonyl (C=O) groups is 2. The monoisotopic (exact) mass is 309 g/mol. The van der Waals surface area contributed by atoms with E-state index < -0.39 is 0 Å². The minimum Gasteiger partial charge on any atom is -0.339 e. The predicted molar refractivity (Wildman–Crippen MR) is 81.6 cm³/mol. The number of rotatable bonds is 3. The van der Waals surface area contributed by atoms with Crippen molar-refractivity contribution in [3.63, 3.8) is 0 Å². The summed E-state index contributed by atoms with van der Waals surface area (Å²) in [6, 6.07) is 6.95. The molecule has 2 amide bonds. The molecular weight excluding hydrogens is 290 g/mol. The van der Waals surface area contributed by atoms with Crippen LogP contribution in [0.1, 0.15) is 36.0 Å². The van der Waals surface area contributed by atoms with Crippen molar-refractivity contribution in [3.05, 3.63) is 34.9 Å². The molecule has 0 aliphatic heterocycles. The van der Waals surface area contributed by atoms with Crippen molar-refractivity contribution < 1.29 is 9.59 Å². The molecule has 5 nitrogen and oxygen atoms in total. The van der Waals surface area contributed by atoms with Gasteiger partial charge in [0.25, 0.3) is 5.91 Å². The molecule has 2 atom stereocenters. The maximum absolute atomic E-state index is 12.5. The fraction of sp³-hybridized carbons (Fsp3) is 0.467. The zero-order valence-corrected chi connectivity index (χ0v) is 12.8. The first-order valence-corrected chi connectivity index (χ1v) is 7.44. The smallest absolute Gasteiger partial charge is 0.253 e. The number of nitrogens with zero attached hydrogens (tertiary/aromatic N) is 1. The van der Waals surface area contributed by atoms with E-state index in [1.165, 1.54) is 0 Å². The van der Waals surface area contributed by atoms with E-state index in [4.69, 9.17) is 17.4 Å². The average Bonchev–Trinajstić information content (AvgIpc) is 2.52. The number of hydrogen-bond acceptors (Lipinski definition) is 3. The van der Waals surface area contributed by atoms with E-state index in [1.807, 2.05) is 0 Å². The molecule has 3 N–H and O–H groups in total. The van der Waals surface area contributed by atoms with Gasteiger partial charge in [0.2, 0.25) is 5.91 Å². The Hall–Kier alpha value is -1.59. The lowest BCUT2D eigenvalue weighted by Crippen LogP contribution is -2.44.